The van der Waals surface area contributed by atoms with Crippen LogP contribution in [0.4, 0.5) is 8.78 Å². The molecule has 1 heterocycles. The molecule has 0 radical (unpaired) electrons. The molecule has 0 aliphatic heterocycles. The van der Waals surface area contributed by atoms with Gasteiger partial charge in [-0.25, -0.2) is 13.8 Å². The van der Waals surface area contributed by atoms with Crippen LogP contribution in [0.2, 0.25) is 5.02 Å². The molecule has 0 fully saturated rings. The maximum Gasteiger partial charge on any atom is 0.137 e. The van der Waals surface area contributed by atoms with E-state index in [4.69, 9.17) is 11.6 Å². The highest BCUT2D eigenvalue weighted by Gasteiger charge is 2.10. The molecule has 1 nitrogen and oxygen atoms in total. The van der Waals surface area contributed by atoms with E-state index in [1.54, 1.807) is 12.3 Å². The maximum atomic E-state index is 13.4. The predicted molar refractivity (Wildman–Crippen MR) is 67.4 cm³/mol. The van der Waals surface area contributed by atoms with Crippen LogP contribution in [-0.2, 0) is 0 Å². The van der Waals surface area contributed by atoms with E-state index < -0.39 is 11.6 Å². The van der Waals surface area contributed by atoms with Crippen LogP contribution in [-0.4, -0.2) is 4.98 Å². The van der Waals surface area contributed by atoms with Crippen molar-refractivity contribution in [2.24, 2.45) is 0 Å². The van der Waals surface area contributed by atoms with E-state index >= 15 is 0 Å². The fourth-order valence-corrected chi connectivity index (χ4v) is 2.69. The summed E-state index contributed by atoms with van der Waals surface area (Å²) in [4.78, 5) is 4.19. The first-order valence-corrected chi connectivity index (χ1v) is 6.49. The van der Waals surface area contributed by atoms with Gasteiger partial charge in [0.2, 0.25) is 0 Å². The van der Waals surface area contributed by atoms with Crippen molar-refractivity contribution in [3.05, 3.63) is 51.6 Å². The molecule has 0 N–H and O–H groups in total. The molecular weight excluding hydrogens is 332 g/mol. The molecule has 1 aromatic carbocycles. The standard InChI is InChI=1S/C11H5BrClF2NS/c12-6-3-8(13)11(16-5-6)17-10-4-7(14)1-2-9(10)15/h1-5H. The summed E-state index contributed by atoms with van der Waals surface area (Å²) in [7, 11) is 0. The summed E-state index contributed by atoms with van der Waals surface area (Å²) in [6, 6.07) is 4.90. The lowest BCUT2D eigenvalue weighted by molar-refractivity contribution is 0.577. The molecule has 0 aliphatic rings. The predicted octanol–water partition coefficient (Wildman–Crippen LogP) is 4.93. The van der Waals surface area contributed by atoms with E-state index in [2.05, 4.69) is 20.9 Å². The van der Waals surface area contributed by atoms with Gasteiger partial charge in [-0.15, -0.1) is 0 Å². The minimum absolute atomic E-state index is 0.154. The lowest BCUT2D eigenvalue weighted by atomic mass is 10.3. The van der Waals surface area contributed by atoms with E-state index in [-0.39, 0.29) is 4.90 Å². The van der Waals surface area contributed by atoms with E-state index in [1.165, 1.54) is 0 Å². The van der Waals surface area contributed by atoms with Gasteiger partial charge in [0.25, 0.3) is 0 Å². The lowest BCUT2D eigenvalue weighted by Gasteiger charge is -2.04. The Bertz CT molecular complexity index is 565. The molecule has 1 aromatic heterocycles. The number of halogens is 4. The molecule has 6 heteroatoms. The average molecular weight is 337 g/mol. The Morgan fingerprint density at radius 3 is 2.71 bits per heavy atom. The fourth-order valence-electron chi connectivity index (χ4n) is 1.14. The summed E-state index contributed by atoms with van der Waals surface area (Å²) < 4.78 is 27.1. The van der Waals surface area contributed by atoms with E-state index in [1.807, 2.05) is 0 Å². The molecule has 2 rings (SSSR count). The topological polar surface area (TPSA) is 12.9 Å². The zero-order valence-electron chi connectivity index (χ0n) is 8.25. The summed E-state index contributed by atoms with van der Waals surface area (Å²) in [6.45, 7) is 0. The molecule has 0 unspecified atom stereocenters. The van der Waals surface area contributed by atoms with Crippen molar-refractivity contribution < 1.29 is 8.78 Å². The van der Waals surface area contributed by atoms with Crippen molar-refractivity contribution in [3.8, 4) is 0 Å². The highest BCUT2D eigenvalue weighted by Crippen LogP contribution is 2.34. The van der Waals surface area contributed by atoms with Gasteiger partial charge in [0, 0.05) is 10.7 Å². The van der Waals surface area contributed by atoms with Crippen LogP contribution in [0.1, 0.15) is 0 Å². The van der Waals surface area contributed by atoms with Gasteiger partial charge in [0.15, 0.2) is 0 Å². The van der Waals surface area contributed by atoms with Crippen LogP contribution in [0.5, 0.6) is 0 Å². The first-order valence-electron chi connectivity index (χ1n) is 4.50. The fraction of sp³-hybridized carbons (Fsp3) is 0. The number of aromatic nitrogens is 1. The Morgan fingerprint density at radius 1 is 1.24 bits per heavy atom. The van der Waals surface area contributed by atoms with Gasteiger partial charge in [-0.2, -0.15) is 0 Å². The van der Waals surface area contributed by atoms with Crippen LogP contribution in [0.15, 0.2) is 44.9 Å². The molecule has 88 valence electrons. The highest BCUT2D eigenvalue weighted by molar-refractivity contribution is 9.10. The summed E-state index contributed by atoms with van der Waals surface area (Å²) in [5, 5.41) is 0.812. The molecule has 0 amide bonds. The average Bonchev–Trinajstić information content (AvgIpc) is 2.27. The Morgan fingerprint density at radius 2 is 2.00 bits per heavy atom. The number of rotatable bonds is 2. The Kier molecular flexibility index (Phi) is 4.01. The lowest BCUT2D eigenvalue weighted by Crippen LogP contribution is -1.86. The highest BCUT2D eigenvalue weighted by atomic mass is 79.9. The molecule has 0 spiro atoms. The van der Waals surface area contributed by atoms with Crippen molar-refractivity contribution in [2.45, 2.75) is 9.92 Å². The second kappa shape index (κ2) is 5.33. The van der Waals surface area contributed by atoms with Gasteiger partial charge in [0.1, 0.15) is 16.7 Å². The number of nitrogens with zero attached hydrogens (tertiary/aromatic N) is 1. The molecule has 0 aliphatic carbocycles. The van der Waals surface area contributed by atoms with Crippen molar-refractivity contribution in [1.82, 2.24) is 4.98 Å². The van der Waals surface area contributed by atoms with Crippen molar-refractivity contribution >= 4 is 39.3 Å². The molecule has 0 saturated heterocycles. The maximum absolute atomic E-state index is 13.4. The molecular formula is C11H5BrClF2NS. The Balaban J connectivity index is 2.34. The van der Waals surface area contributed by atoms with Gasteiger partial charge < -0.3 is 0 Å². The quantitative estimate of drug-likeness (QED) is 0.771. The summed E-state index contributed by atoms with van der Waals surface area (Å²) >= 11 is 10.1. The third-order valence-electron chi connectivity index (χ3n) is 1.87. The zero-order chi connectivity index (χ0) is 12.4. The van der Waals surface area contributed by atoms with Crippen molar-refractivity contribution in [2.75, 3.05) is 0 Å². The minimum atomic E-state index is -0.503. The molecule has 0 saturated carbocycles. The van der Waals surface area contributed by atoms with Gasteiger partial charge >= 0.3 is 0 Å². The smallest absolute Gasteiger partial charge is 0.137 e. The van der Waals surface area contributed by atoms with E-state index in [9.17, 15) is 8.78 Å². The van der Waals surface area contributed by atoms with Crippen LogP contribution < -0.4 is 0 Å². The molecule has 2 aromatic rings. The van der Waals surface area contributed by atoms with Crippen molar-refractivity contribution in [3.63, 3.8) is 0 Å². The Hall–Kier alpha value is -0.650. The van der Waals surface area contributed by atoms with Gasteiger partial charge in [-0.3, -0.25) is 0 Å². The summed E-state index contributed by atoms with van der Waals surface area (Å²) in [6.07, 6.45) is 1.55. The van der Waals surface area contributed by atoms with E-state index in [0.717, 1.165) is 34.4 Å². The second-order valence-corrected chi connectivity index (χ2v) is 5.47. The van der Waals surface area contributed by atoms with Crippen molar-refractivity contribution in [1.29, 1.82) is 0 Å². The number of benzene rings is 1. The van der Waals surface area contributed by atoms with Crippen LogP contribution in [0, 0.1) is 11.6 Å². The van der Waals surface area contributed by atoms with Crippen LogP contribution in [0.3, 0.4) is 0 Å². The molecule has 0 bridgehead atoms. The largest absolute Gasteiger partial charge is 0.247 e. The minimum Gasteiger partial charge on any atom is -0.247 e. The van der Waals surface area contributed by atoms with Gasteiger partial charge in [0.05, 0.1) is 9.92 Å². The summed E-state index contributed by atoms with van der Waals surface area (Å²) in [5.41, 5.74) is 0. The third-order valence-corrected chi connectivity index (χ3v) is 3.76. The number of hydrogen-bond donors (Lipinski definition) is 0. The molecule has 17 heavy (non-hydrogen) atoms. The monoisotopic (exact) mass is 335 g/mol. The Labute approximate surface area is 114 Å². The number of hydrogen-bond acceptors (Lipinski definition) is 2. The zero-order valence-corrected chi connectivity index (χ0v) is 11.4. The SMILES string of the molecule is Fc1ccc(F)c(Sc2ncc(Br)cc2Cl)c1. The van der Waals surface area contributed by atoms with Crippen LogP contribution in [0.25, 0.3) is 0 Å². The first-order chi connectivity index (χ1) is 8.06. The third kappa shape index (κ3) is 3.18. The van der Waals surface area contributed by atoms with Gasteiger partial charge in [-0.05, 0) is 40.2 Å². The summed E-state index contributed by atoms with van der Waals surface area (Å²) in [5.74, 6) is -1.00. The molecule has 0 atom stereocenters. The number of pyridine rings is 1. The first kappa shape index (κ1) is 12.8. The normalized spacial score (nSPS) is 10.6. The van der Waals surface area contributed by atoms with E-state index in [0.29, 0.717) is 10.0 Å². The second-order valence-electron chi connectivity index (χ2n) is 3.12. The van der Waals surface area contributed by atoms with Gasteiger partial charge in [-0.1, -0.05) is 23.4 Å². The van der Waals surface area contributed by atoms with Crippen LogP contribution >= 0.6 is 39.3 Å².